The number of halogens is 3. The number of thiocarbonyl (C=S) groups is 1. The Morgan fingerprint density at radius 2 is 1.31 bits per heavy atom. The van der Waals surface area contributed by atoms with Crippen molar-refractivity contribution in [3.05, 3.63) is 115 Å². The third kappa shape index (κ3) is 18.1. The number of fused-ring (bicyclic) bond motifs is 2. The molecule has 418 valence electrons. The molecule has 9 rings (SSSR count). The second kappa shape index (κ2) is 25.4. The molecule has 2 aromatic carbocycles. The number of carboxylic acid groups (broad SMARTS) is 1. The van der Waals surface area contributed by atoms with Gasteiger partial charge < -0.3 is 31.1 Å². The quantitative estimate of drug-likeness (QED) is 0.0526. The number of anilines is 5. The van der Waals surface area contributed by atoms with E-state index in [9.17, 15) is 32.3 Å². The van der Waals surface area contributed by atoms with Crippen LogP contribution in [-0.2, 0) is 34.0 Å². The van der Waals surface area contributed by atoms with Crippen molar-refractivity contribution in [2.45, 2.75) is 32.5 Å². The van der Waals surface area contributed by atoms with Crippen molar-refractivity contribution >= 4 is 119 Å². The van der Waals surface area contributed by atoms with Crippen molar-refractivity contribution in [3.63, 3.8) is 0 Å². The summed E-state index contributed by atoms with van der Waals surface area (Å²) in [6.45, 7) is 5.32. The number of benzene rings is 2. The molecule has 0 aliphatic rings. The number of nitrogens with one attached hydrogen (secondary N) is 7. The molecule has 0 fully saturated rings. The highest BCUT2D eigenvalue weighted by atomic mass is 32.3. The van der Waals surface area contributed by atoms with Crippen LogP contribution in [-0.4, -0.2) is 139 Å². The standard InChI is InChI=1S/C23H24N10O4S.C18H14N10OS.C2HF3O2.H2O4S/c1-23(2,3)37-22(36)33-17-6-5-15(7-13(17)8-26-33)27-21(38)31-30-20(35)16-10-24-11-18(28-16)29-19(34)14-9-25-32(4)12-14;1-28-9-11(6-21-28)16(29)24-15-8-19-7-14(23-15)17-26-27-18(30-17)22-12-2-3-13-10(4-12)5-20-25-13;3-2(4,5)1(6)7;1-5(2,3)4/h5-12H,1-4H3,(H,30,35)(H2,27,31,38)(H,28,29,34);2-9H,1H3,(H,20,25)(H,22,27)(H,23,24,29);(H,6,7);(H2,1,2,3,4). The van der Waals surface area contributed by atoms with Crippen LogP contribution in [0, 0.1) is 0 Å². The Labute approximate surface area is 456 Å². The number of nitrogens with zero attached hydrogens (tertiary/aromatic N) is 13. The number of alkyl halides is 3. The molecule has 0 unspecified atom stereocenters. The summed E-state index contributed by atoms with van der Waals surface area (Å²) in [7, 11) is -1.24. The van der Waals surface area contributed by atoms with Crippen LogP contribution in [0.2, 0.25) is 0 Å². The molecule has 37 heteroatoms. The lowest BCUT2D eigenvalue weighted by atomic mass is 10.2. The van der Waals surface area contributed by atoms with Gasteiger partial charge in [-0.05, 0) is 69.4 Å². The number of amides is 3. The van der Waals surface area contributed by atoms with Gasteiger partial charge in [0.05, 0.1) is 71.7 Å². The fraction of sp³-hybridized carbons (Fsp3) is 0.163. The Hall–Kier alpha value is -9.98. The molecule has 0 spiro atoms. The van der Waals surface area contributed by atoms with Crippen LogP contribution in [0.25, 0.3) is 32.5 Å². The third-order valence-corrected chi connectivity index (χ3v) is 10.2. The molecule has 7 heterocycles. The summed E-state index contributed by atoms with van der Waals surface area (Å²) >= 11 is 6.57. The molecule has 0 bridgehead atoms. The zero-order valence-corrected chi connectivity index (χ0v) is 44.0. The average Bonchev–Trinajstić information content (AvgIpc) is 4.30. The molecule has 7 aromatic heterocycles. The van der Waals surface area contributed by atoms with Gasteiger partial charge in [0.25, 0.3) is 17.7 Å². The Bertz CT molecular complexity index is 3830. The minimum absolute atomic E-state index is 0.0553. The number of carbonyl (C=O) groups excluding carboxylic acids is 4. The summed E-state index contributed by atoms with van der Waals surface area (Å²) in [6, 6.07) is 11.0. The zero-order chi connectivity index (χ0) is 58.5. The van der Waals surface area contributed by atoms with E-state index in [1.165, 1.54) is 57.9 Å². The van der Waals surface area contributed by atoms with Crippen LogP contribution in [0.1, 0.15) is 52.0 Å². The Morgan fingerprint density at radius 3 is 1.90 bits per heavy atom. The normalized spacial score (nSPS) is 11.1. The summed E-state index contributed by atoms with van der Waals surface area (Å²) in [5.41, 5.74) is 8.53. The van der Waals surface area contributed by atoms with Crippen molar-refractivity contribution in [1.29, 1.82) is 0 Å². The molecule has 80 heavy (non-hydrogen) atoms. The smallest absolute Gasteiger partial charge is 0.475 e. The lowest BCUT2D eigenvalue weighted by molar-refractivity contribution is -0.192. The maximum atomic E-state index is 12.5. The van der Waals surface area contributed by atoms with Crippen LogP contribution in [0.3, 0.4) is 0 Å². The molecule has 0 atom stereocenters. The summed E-state index contributed by atoms with van der Waals surface area (Å²) < 4.78 is 72.9. The van der Waals surface area contributed by atoms with E-state index in [4.69, 9.17) is 44.4 Å². The monoisotopic (exact) mass is 1170 g/mol. The highest BCUT2D eigenvalue weighted by molar-refractivity contribution is 7.80. The second-order valence-corrected chi connectivity index (χ2v) is 18.9. The van der Waals surface area contributed by atoms with E-state index in [1.807, 2.05) is 18.2 Å². The van der Waals surface area contributed by atoms with Crippen molar-refractivity contribution in [3.8, 4) is 10.7 Å². The van der Waals surface area contributed by atoms with E-state index < -0.39 is 46.1 Å². The number of ether oxygens (including phenoxy) is 1. The van der Waals surface area contributed by atoms with Crippen LogP contribution in [0.15, 0.2) is 98.4 Å². The van der Waals surface area contributed by atoms with Gasteiger partial charge in [0, 0.05) is 48.6 Å². The van der Waals surface area contributed by atoms with Crippen molar-refractivity contribution in [2.75, 3.05) is 21.3 Å². The maximum absolute atomic E-state index is 12.5. The number of H-pyrrole nitrogens is 1. The molecule has 31 nitrogen and oxygen atoms in total. The fourth-order valence-electron chi connectivity index (χ4n) is 5.94. The molecule has 9 aromatic rings. The molecule has 10 N–H and O–H groups in total. The SMILES string of the molecule is Cn1cc(C(=O)Nc2cncc(-c3nnc(Nc4ccc5[nH]ncc5c4)s3)n2)cn1.Cn1cc(C(=O)Nc2cncc(C(=O)NNC(=S)Nc3ccc4c(cnn4C(=O)OC(C)(C)C)c3)n2)cn1.O=C(O)C(F)(F)F.O=S(=O)(O)O. The molecule has 0 saturated heterocycles. The van der Waals surface area contributed by atoms with Gasteiger partial charge in [-0.2, -0.15) is 46.7 Å². The number of hydrogen-bond donors (Lipinski definition) is 10. The summed E-state index contributed by atoms with van der Waals surface area (Å²) in [5.74, 6) is -3.74. The Balaban J connectivity index is 0.000000218. The van der Waals surface area contributed by atoms with E-state index >= 15 is 0 Å². The zero-order valence-electron chi connectivity index (χ0n) is 41.5. The number of rotatable bonds is 9. The van der Waals surface area contributed by atoms with Gasteiger partial charge >= 0.3 is 28.6 Å². The molecule has 0 radical (unpaired) electrons. The highest BCUT2D eigenvalue weighted by Gasteiger charge is 2.38. The van der Waals surface area contributed by atoms with Gasteiger partial charge in [-0.1, -0.05) is 11.3 Å². The first-order chi connectivity index (χ1) is 37.6. The second-order valence-electron chi connectivity index (χ2n) is 16.6. The molecule has 3 amide bonds. The molecule has 0 aliphatic heterocycles. The fourth-order valence-corrected chi connectivity index (χ4v) is 6.83. The van der Waals surface area contributed by atoms with E-state index in [2.05, 4.69) is 87.7 Å². The predicted molar refractivity (Wildman–Crippen MR) is 281 cm³/mol. The summed E-state index contributed by atoms with van der Waals surface area (Å²) in [4.78, 5) is 74.9. The predicted octanol–water partition coefficient (Wildman–Crippen LogP) is 4.81. The number of hydrogen-bond acceptors (Lipinski definition) is 21. The Kier molecular flexibility index (Phi) is 18.9. The first-order valence-corrected chi connectivity index (χ1v) is 24.6. The molecular formula is C43H41F3N20O11S3. The first-order valence-electron chi connectivity index (χ1n) is 21.9. The minimum atomic E-state index is -5.08. The minimum Gasteiger partial charge on any atom is -0.475 e. The van der Waals surface area contributed by atoms with Crippen molar-refractivity contribution in [2.24, 2.45) is 14.1 Å². The van der Waals surface area contributed by atoms with E-state index in [1.54, 1.807) is 82.5 Å². The highest BCUT2D eigenvalue weighted by Crippen LogP contribution is 2.29. The molecule has 0 saturated carbocycles. The number of aryl methyl sites for hydroxylation is 2. The maximum Gasteiger partial charge on any atom is 0.490 e. The lowest BCUT2D eigenvalue weighted by Gasteiger charge is -2.19. The number of carboxylic acids is 1. The Morgan fingerprint density at radius 1 is 0.725 bits per heavy atom. The van der Waals surface area contributed by atoms with Gasteiger partial charge in [-0.3, -0.25) is 58.8 Å². The van der Waals surface area contributed by atoms with Crippen LogP contribution in [0.4, 0.5) is 46.1 Å². The summed E-state index contributed by atoms with van der Waals surface area (Å²) in [6.07, 6.45) is 9.26. The lowest BCUT2D eigenvalue weighted by Crippen LogP contribution is -2.44. The third-order valence-electron chi connectivity index (χ3n) is 9.18. The average molecular weight is 1170 g/mol. The van der Waals surface area contributed by atoms with Gasteiger partial charge in [0.2, 0.25) is 5.13 Å². The largest absolute Gasteiger partial charge is 0.490 e. The number of carbonyl (C=O) groups is 5. The number of aliphatic carboxylic acids is 1. The van der Waals surface area contributed by atoms with Crippen molar-refractivity contribution < 1.29 is 64.5 Å². The van der Waals surface area contributed by atoms with E-state index in [0.29, 0.717) is 49.4 Å². The van der Waals surface area contributed by atoms with Crippen LogP contribution >= 0.6 is 23.6 Å². The van der Waals surface area contributed by atoms with Crippen LogP contribution in [0.5, 0.6) is 0 Å². The van der Waals surface area contributed by atoms with Crippen molar-refractivity contribution in [1.82, 2.24) is 80.5 Å². The van der Waals surface area contributed by atoms with Gasteiger partial charge in [0.15, 0.2) is 27.4 Å². The van der Waals surface area contributed by atoms with Gasteiger partial charge in [-0.15, -0.1) is 10.2 Å². The van der Waals surface area contributed by atoms with Gasteiger partial charge in [-0.25, -0.2) is 19.6 Å². The number of hydrazine groups is 1. The van der Waals surface area contributed by atoms with E-state index in [0.717, 1.165) is 16.6 Å². The first kappa shape index (κ1) is 59.3. The number of aromatic amines is 1. The molecular weight excluding hydrogens is 1130 g/mol. The summed E-state index contributed by atoms with van der Waals surface area (Å²) in [5, 5.41) is 48.8. The van der Waals surface area contributed by atoms with E-state index in [-0.39, 0.29) is 22.5 Å². The van der Waals surface area contributed by atoms with Crippen LogP contribution < -0.4 is 32.1 Å². The van der Waals surface area contributed by atoms with Gasteiger partial charge in [0.1, 0.15) is 11.3 Å². The molecule has 0 aliphatic carbocycles. The topological polar surface area (TPSA) is 421 Å². The number of aromatic nitrogens is 14.